The predicted molar refractivity (Wildman–Crippen MR) is 125 cm³/mol. The number of nitrogens with one attached hydrogen (secondary N) is 2. The highest BCUT2D eigenvalue weighted by Gasteiger charge is 2.28. The second-order valence-electron chi connectivity index (χ2n) is 7.38. The first-order valence-corrected chi connectivity index (χ1v) is 11.0. The first-order chi connectivity index (χ1) is 16.0. The molecule has 1 heterocycles. The van der Waals surface area contributed by atoms with E-state index in [0.717, 1.165) is 33.8 Å². The topological polar surface area (TPSA) is 118 Å². The summed E-state index contributed by atoms with van der Waals surface area (Å²) in [6.07, 6.45) is 2.07. The minimum atomic E-state index is -1.16. The van der Waals surface area contributed by atoms with Crippen LogP contribution < -0.4 is 10.6 Å². The third-order valence-electron chi connectivity index (χ3n) is 5.29. The summed E-state index contributed by atoms with van der Waals surface area (Å²) in [6.45, 7) is 1.84. The molecule has 3 aromatic rings. The van der Waals surface area contributed by atoms with Gasteiger partial charge < -0.3 is 20.5 Å². The first-order valence-electron chi connectivity index (χ1n) is 10.2. The van der Waals surface area contributed by atoms with Crippen molar-refractivity contribution in [3.05, 3.63) is 83.1 Å². The third-order valence-corrected chi connectivity index (χ3v) is 6.14. The maximum absolute atomic E-state index is 12.1. The number of carboxylic acids is 1. The molecule has 0 saturated carbocycles. The molecule has 0 saturated heterocycles. The highest BCUT2D eigenvalue weighted by molar-refractivity contribution is 7.11. The number of hydrogen-bond donors (Lipinski definition) is 3. The number of fused-ring (bicyclic) bond motifs is 3. The largest absolute Gasteiger partial charge is 0.478 e. The standard InChI is InChI=1S/C24H21N3O5S/c1-14-21(23(29)30)22(33-27-14)26-20(28)11-6-12-25-24(31)32-13-19-17-9-4-2-7-15(17)16-8-3-5-10-18(16)19/h2-11,19H,12-13H2,1H3,(H,25,31)(H,26,28)(H,29,30)/b11-6+. The van der Waals surface area contributed by atoms with Crippen molar-refractivity contribution in [2.45, 2.75) is 12.8 Å². The zero-order chi connectivity index (χ0) is 23.4. The number of benzene rings is 2. The molecular formula is C24H21N3O5S. The Morgan fingerprint density at radius 3 is 2.36 bits per heavy atom. The van der Waals surface area contributed by atoms with Gasteiger partial charge in [0.25, 0.3) is 0 Å². The van der Waals surface area contributed by atoms with Gasteiger partial charge in [-0.2, -0.15) is 4.37 Å². The summed E-state index contributed by atoms with van der Waals surface area (Å²) in [5, 5.41) is 14.4. The number of anilines is 1. The minimum absolute atomic E-state index is 0.0292. The summed E-state index contributed by atoms with van der Waals surface area (Å²) in [7, 11) is 0. The number of alkyl carbamates (subject to hydrolysis) is 1. The van der Waals surface area contributed by atoms with Crippen LogP contribution in [0.4, 0.5) is 9.80 Å². The van der Waals surface area contributed by atoms with Crippen LogP contribution in [-0.4, -0.2) is 40.6 Å². The monoisotopic (exact) mass is 463 g/mol. The van der Waals surface area contributed by atoms with Crippen LogP contribution in [0, 0.1) is 6.92 Å². The van der Waals surface area contributed by atoms with Crippen LogP contribution in [0.5, 0.6) is 0 Å². The summed E-state index contributed by atoms with van der Waals surface area (Å²) in [5.74, 6) is -1.70. The Kier molecular flexibility index (Phi) is 6.50. The van der Waals surface area contributed by atoms with Crippen molar-refractivity contribution >= 4 is 34.5 Å². The van der Waals surface area contributed by atoms with Crippen molar-refractivity contribution in [2.24, 2.45) is 0 Å². The number of carbonyl (C=O) groups is 3. The number of aromatic nitrogens is 1. The molecular weight excluding hydrogens is 442 g/mol. The highest BCUT2D eigenvalue weighted by atomic mass is 32.1. The number of nitrogens with zero attached hydrogens (tertiary/aromatic N) is 1. The number of hydrogen-bond acceptors (Lipinski definition) is 6. The smallest absolute Gasteiger partial charge is 0.407 e. The summed E-state index contributed by atoms with van der Waals surface area (Å²) in [4.78, 5) is 35.4. The van der Waals surface area contributed by atoms with E-state index in [-0.39, 0.29) is 29.6 Å². The van der Waals surface area contributed by atoms with Gasteiger partial charge in [0.05, 0.1) is 5.69 Å². The van der Waals surface area contributed by atoms with Crippen LogP contribution in [0.15, 0.2) is 60.7 Å². The molecule has 1 aliphatic rings. The molecule has 3 N–H and O–H groups in total. The Bertz CT molecular complexity index is 1200. The number of carbonyl (C=O) groups excluding carboxylic acids is 2. The lowest BCUT2D eigenvalue weighted by atomic mass is 9.98. The molecule has 0 fully saturated rings. The quantitative estimate of drug-likeness (QED) is 0.453. The van der Waals surface area contributed by atoms with Crippen molar-refractivity contribution in [3.63, 3.8) is 0 Å². The molecule has 0 aliphatic heterocycles. The van der Waals surface area contributed by atoms with Crippen LogP contribution in [0.1, 0.15) is 33.1 Å². The van der Waals surface area contributed by atoms with Gasteiger partial charge in [-0.25, -0.2) is 9.59 Å². The van der Waals surface area contributed by atoms with E-state index >= 15 is 0 Å². The van der Waals surface area contributed by atoms with E-state index in [2.05, 4.69) is 27.1 Å². The van der Waals surface area contributed by atoms with Gasteiger partial charge in [-0.3, -0.25) is 4.79 Å². The maximum Gasteiger partial charge on any atom is 0.407 e. The van der Waals surface area contributed by atoms with Gasteiger partial charge in [-0.05, 0) is 40.7 Å². The molecule has 4 rings (SSSR count). The number of carboxylic acid groups (broad SMARTS) is 1. The highest BCUT2D eigenvalue weighted by Crippen LogP contribution is 2.44. The summed E-state index contributed by atoms with van der Waals surface area (Å²) >= 11 is 0.899. The van der Waals surface area contributed by atoms with E-state index < -0.39 is 18.0 Å². The maximum atomic E-state index is 12.1. The fourth-order valence-electron chi connectivity index (χ4n) is 3.82. The molecule has 1 aromatic heterocycles. The Morgan fingerprint density at radius 2 is 1.73 bits per heavy atom. The van der Waals surface area contributed by atoms with E-state index in [9.17, 15) is 19.5 Å². The molecule has 0 atom stereocenters. The van der Waals surface area contributed by atoms with Crippen LogP contribution >= 0.6 is 11.5 Å². The minimum Gasteiger partial charge on any atom is -0.478 e. The van der Waals surface area contributed by atoms with Gasteiger partial charge in [0.15, 0.2) is 0 Å². The zero-order valence-electron chi connectivity index (χ0n) is 17.7. The molecule has 0 bridgehead atoms. The molecule has 9 heteroatoms. The van der Waals surface area contributed by atoms with Crippen LogP contribution in [0.2, 0.25) is 0 Å². The van der Waals surface area contributed by atoms with Crippen molar-refractivity contribution in [3.8, 4) is 11.1 Å². The SMILES string of the molecule is Cc1nsc(NC(=O)/C=C/CNC(=O)OCC2c3ccccc3-c3ccccc32)c1C(=O)O. The number of ether oxygens (including phenoxy) is 1. The van der Waals surface area contributed by atoms with Gasteiger partial charge in [0, 0.05) is 18.5 Å². The van der Waals surface area contributed by atoms with E-state index in [4.69, 9.17) is 4.74 Å². The van der Waals surface area contributed by atoms with Gasteiger partial charge in [-0.15, -0.1) is 0 Å². The molecule has 33 heavy (non-hydrogen) atoms. The molecule has 8 nitrogen and oxygen atoms in total. The number of aromatic carboxylic acids is 1. The van der Waals surface area contributed by atoms with Crippen molar-refractivity contribution in [2.75, 3.05) is 18.5 Å². The predicted octanol–water partition coefficient (Wildman–Crippen LogP) is 4.18. The summed E-state index contributed by atoms with van der Waals surface area (Å²) < 4.78 is 9.37. The second-order valence-corrected chi connectivity index (χ2v) is 8.15. The Labute approximate surface area is 194 Å². The number of amides is 2. The number of aryl methyl sites for hydroxylation is 1. The summed E-state index contributed by atoms with van der Waals surface area (Å²) in [6, 6.07) is 16.2. The zero-order valence-corrected chi connectivity index (χ0v) is 18.5. The lowest BCUT2D eigenvalue weighted by molar-refractivity contribution is -0.111. The van der Waals surface area contributed by atoms with Crippen molar-refractivity contribution in [1.29, 1.82) is 0 Å². The Morgan fingerprint density at radius 1 is 1.09 bits per heavy atom. The fraction of sp³-hybridized carbons (Fsp3) is 0.167. The van der Waals surface area contributed by atoms with E-state index in [0.29, 0.717) is 5.69 Å². The molecule has 0 radical (unpaired) electrons. The second kappa shape index (κ2) is 9.66. The molecule has 1 aliphatic carbocycles. The van der Waals surface area contributed by atoms with Gasteiger partial charge in [-0.1, -0.05) is 54.6 Å². The Hall–Kier alpha value is -3.98. The van der Waals surface area contributed by atoms with Crippen LogP contribution in [0.3, 0.4) is 0 Å². The average molecular weight is 464 g/mol. The lowest BCUT2D eigenvalue weighted by Gasteiger charge is -2.14. The molecule has 168 valence electrons. The van der Waals surface area contributed by atoms with Crippen molar-refractivity contribution in [1.82, 2.24) is 9.69 Å². The van der Waals surface area contributed by atoms with Gasteiger partial charge in [0.2, 0.25) is 5.91 Å². The van der Waals surface area contributed by atoms with E-state index in [1.54, 1.807) is 6.92 Å². The molecule has 2 amide bonds. The third kappa shape index (κ3) is 4.78. The van der Waals surface area contributed by atoms with Gasteiger partial charge >= 0.3 is 12.1 Å². The van der Waals surface area contributed by atoms with E-state index in [1.807, 2.05) is 36.4 Å². The van der Waals surface area contributed by atoms with Gasteiger partial charge in [0.1, 0.15) is 17.2 Å². The Balaban J connectivity index is 1.27. The first kappa shape index (κ1) is 22.2. The lowest BCUT2D eigenvalue weighted by Crippen LogP contribution is -2.26. The molecule has 2 aromatic carbocycles. The average Bonchev–Trinajstić information content (AvgIpc) is 3.33. The van der Waals surface area contributed by atoms with Crippen molar-refractivity contribution < 1.29 is 24.2 Å². The molecule has 0 spiro atoms. The number of rotatable bonds is 7. The van der Waals surface area contributed by atoms with E-state index in [1.165, 1.54) is 12.2 Å². The molecule has 0 unspecified atom stereocenters. The normalized spacial score (nSPS) is 12.3. The van der Waals surface area contributed by atoms with Crippen LogP contribution in [-0.2, 0) is 9.53 Å². The fourth-order valence-corrected chi connectivity index (χ4v) is 4.61. The van der Waals surface area contributed by atoms with Crippen LogP contribution in [0.25, 0.3) is 11.1 Å². The summed E-state index contributed by atoms with van der Waals surface area (Å²) in [5.41, 5.74) is 4.86.